The van der Waals surface area contributed by atoms with E-state index in [9.17, 15) is 9.90 Å². The number of hydrogen-bond acceptors (Lipinski definition) is 5. The number of pyridine rings is 1. The van der Waals surface area contributed by atoms with Crippen molar-refractivity contribution < 1.29 is 9.90 Å². The molecule has 0 radical (unpaired) electrons. The molecule has 0 atom stereocenters. The third-order valence-electron chi connectivity index (χ3n) is 4.52. The van der Waals surface area contributed by atoms with Gasteiger partial charge in [-0.3, -0.25) is 4.40 Å². The molecule has 3 heterocycles. The number of rotatable bonds is 4. The maximum absolute atomic E-state index is 11.5. The molecule has 1 aliphatic heterocycles. The molecule has 0 bridgehead atoms. The van der Waals surface area contributed by atoms with Gasteiger partial charge >= 0.3 is 5.97 Å². The van der Waals surface area contributed by atoms with E-state index >= 15 is 0 Å². The van der Waals surface area contributed by atoms with Gasteiger partial charge < -0.3 is 10.0 Å². The van der Waals surface area contributed by atoms with E-state index in [0.29, 0.717) is 11.3 Å². The lowest BCUT2D eigenvalue weighted by molar-refractivity contribution is 0.0692. The van der Waals surface area contributed by atoms with Crippen LogP contribution in [0.5, 0.6) is 0 Å². The number of carbonyl (C=O) groups is 1. The summed E-state index contributed by atoms with van der Waals surface area (Å²) in [5, 5.41) is 17.8. The van der Waals surface area contributed by atoms with Crippen molar-refractivity contribution in [3.63, 3.8) is 0 Å². The predicted molar refractivity (Wildman–Crippen MR) is 99.0 cm³/mol. The van der Waals surface area contributed by atoms with Gasteiger partial charge in [-0.2, -0.15) is 0 Å². The summed E-state index contributed by atoms with van der Waals surface area (Å²) in [5.74, 6) is -0.899. The Morgan fingerprint density at radius 1 is 1.08 bits per heavy atom. The van der Waals surface area contributed by atoms with Gasteiger partial charge in [0, 0.05) is 25.0 Å². The van der Waals surface area contributed by atoms with E-state index in [2.05, 4.69) is 20.1 Å². The number of aryl methyl sites for hydroxylation is 1. The average molecular weight is 349 g/mol. The molecule has 132 valence electrons. The van der Waals surface area contributed by atoms with Crippen LogP contribution in [0.1, 0.15) is 28.9 Å². The zero-order valence-corrected chi connectivity index (χ0v) is 14.5. The van der Waals surface area contributed by atoms with Crippen molar-refractivity contribution in [3.05, 3.63) is 53.9 Å². The summed E-state index contributed by atoms with van der Waals surface area (Å²) in [4.78, 5) is 18.0. The second-order valence-corrected chi connectivity index (χ2v) is 6.43. The third kappa shape index (κ3) is 3.03. The van der Waals surface area contributed by atoms with Gasteiger partial charge in [0.2, 0.25) is 0 Å². The summed E-state index contributed by atoms with van der Waals surface area (Å²) in [6.07, 6.45) is 4.26. The van der Waals surface area contributed by atoms with Gasteiger partial charge in [0.05, 0.1) is 5.69 Å². The minimum absolute atomic E-state index is 0.104. The standard InChI is InChI=1S/C19H19N5O2/c1-13-4-9-16-20-17(19(25)26)18(24(16)12-13)22-21-14-5-7-15(8-6-14)23-10-2-3-11-23/h4-9,12H,2-3,10-11H2,1H3,(H,25,26). The van der Waals surface area contributed by atoms with Crippen molar-refractivity contribution in [1.29, 1.82) is 0 Å². The van der Waals surface area contributed by atoms with Gasteiger partial charge in [-0.25, -0.2) is 9.78 Å². The average Bonchev–Trinajstić information content (AvgIpc) is 3.28. The van der Waals surface area contributed by atoms with Crippen molar-refractivity contribution >= 4 is 28.8 Å². The molecule has 0 aliphatic carbocycles. The molecule has 0 unspecified atom stereocenters. The minimum Gasteiger partial charge on any atom is -0.476 e. The fourth-order valence-electron chi connectivity index (χ4n) is 3.19. The molecule has 1 aliphatic rings. The number of aromatic nitrogens is 2. The van der Waals surface area contributed by atoms with Gasteiger partial charge in [0.1, 0.15) is 5.65 Å². The SMILES string of the molecule is Cc1ccc2nc(C(=O)O)c(N=Nc3ccc(N4CCCC4)cc3)n2c1. The number of hydrogen-bond donors (Lipinski definition) is 1. The van der Waals surface area contributed by atoms with Crippen LogP contribution in [-0.4, -0.2) is 33.6 Å². The fourth-order valence-corrected chi connectivity index (χ4v) is 3.19. The molecule has 4 rings (SSSR count). The Morgan fingerprint density at radius 3 is 2.50 bits per heavy atom. The number of benzene rings is 1. The number of carboxylic acids is 1. The van der Waals surface area contributed by atoms with Crippen LogP contribution in [0.15, 0.2) is 52.8 Å². The van der Waals surface area contributed by atoms with Crippen molar-refractivity contribution in [2.75, 3.05) is 18.0 Å². The largest absolute Gasteiger partial charge is 0.476 e. The number of carboxylic acid groups (broad SMARTS) is 1. The number of imidazole rings is 1. The zero-order chi connectivity index (χ0) is 18.1. The van der Waals surface area contributed by atoms with Crippen LogP contribution in [0, 0.1) is 6.92 Å². The number of azo groups is 1. The van der Waals surface area contributed by atoms with Crippen LogP contribution in [-0.2, 0) is 0 Å². The van der Waals surface area contributed by atoms with Crippen LogP contribution in [0.25, 0.3) is 5.65 Å². The van der Waals surface area contributed by atoms with Gasteiger partial charge in [0.15, 0.2) is 11.5 Å². The molecule has 7 nitrogen and oxygen atoms in total. The monoisotopic (exact) mass is 349 g/mol. The number of fused-ring (bicyclic) bond motifs is 1. The molecule has 0 spiro atoms. The highest BCUT2D eigenvalue weighted by Crippen LogP contribution is 2.27. The molecule has 1 saturated heterocycles. The smallest absolute Gasteiger partial charge is 0.358 e. The number of nitrogens with zero attached hydrogens (tertiary/aromatic N) is 5. The van der Waals surface area contributed by atoms with Crippen molar-refractivity contribution in [3.8, 4) is 0 Å². The van der Waals surface area contributed by atoms with Gasteiger partial charge in [-0.05, 0) is 55.7 Å². The Kier molecular flexibility index (Phi) is 4.12. The molecule has 1 aromatic carbocycles. The number of anilines is 1. The van der Waals surface area contributed by atoms with Crippen LogP contribution in [0.3, 0.4) is 0 Å². The van der Waals surface area contributed by atoms with Crippen LogP contribution >= 0.6 is 0 Å². The zero-order valence-electron chi connectivity index (χ0n) is 14.5. The van der Waals surface area contributed by atoms with E-state index in [1.165, 1.54) is 18.5 Å². The highest BCUT2D eigenvalue weighted by molar-refractivity contribution is 5.91. The molecule has 26 heavy (non-hydrogen) atoms. The number of aromatic carboxylic acids is 1. The van der Waals surface area contributed by atoms with E-state index in [1.807, 2.05) is 37.3 Å². The van der Waals surface area contributed by atoms with Gasteiger partial charge in [0.25, 0.3) is 0 Å². The summed E-state index contributed by atoms with van der Waals surface area (Å²) in [5.41, 5.74) is 3.27. The molecule has 3 aromatic rings. The Balaban J connectivity index is 1.66. The lowest BCUT2D eigenvalue weighted by Gasteiger charge is -2.17. The maximum Gasteiger partial charge on any atom is 0.358 e. The molecular formula is C19H19N5O2. The quantitative estimate of drug-likeness (QED) is 0.710. The van der Waals surface area contributed by atoms with Gasteiger partial charge in [-0.1, -0.05) is 6.07 Å². The first-order valence-electron chi connectivity index (χ1n) is 8.60. The summed E-state index contributed by atoms with van der Waals surface area (Å²) in [6, 6.07) is 11.5. The highest BCUT2D eigenvalue weighted by Gasteiger charge is 2.18. The predicted octanol–water partition coefficient (Wildman–Crippen LogP) is 4.36. The Hall–Kier alpha value is -3.22. The van der Waals surface area contributed by atoms with Crippen molar-refractivity contribution in [2.24, 2.45) is 10.2 Å². The Labute approximate surface area is 150 Å². The van der Waals surface area contributed by atoms with Crippen LogP contribution < -0.4 is 4.90 Å². The van der Waals surface area contributed by atoms with Gasteiger partial charge in [-0.15, -0.1) is 10.2 Å². The summed E-state index contributed by atoms with van der Waals surface area (Å²) in [6.45, 7) is 4.10. The highest BCUT2D eigenvalue weighted by atomic mass is 16.4. The van der Waals surface area contributed by atoms with E-state index in [1.54, 1.807) is 16.7 Å². The van der Waals surface area contributed by atoms with Crippen LogP contribution in [0.4, 0.5) is 17.2 Å². The normalized spacial score (nSPS) is 14.6. The van der Waals surface area contributed by atoms with E-state index < -0.39 is 5.97 Å². The second-order valence-electron chi connectivity index (χ2n) is 6.43. The molecular weight excluding hydrogens is 330 g/mol. The first-order chi connectivity index (χ1) is 12.6. The van der Waals surface area contributed by atoms with E-state index in [-0.39, 0.29) is 11.5 Å². The van der Waals surface area contributed by atoms with E-state index in [4.69, 9.17) is 0 Å². The fraction of sp³-hybridized carbons (Fsp3) is 0.263. The first kappa shape index (κ1) is 16.3. The Morgan fingerprint density at radius 2 is 1.81 bits per heavy atom. The lowest BCUT2D eigenvalue weighted by Crippen LogP contribution is -2.17. The summed E-state index contributed by atoms with van der Waals surface area (Å²) < 4.78 is 1.65. The molecule has 0 saturated carbocycles. The molecule has 1 fully saturated rings. The molecule has 0 amide bonds. The second kappa shape index (κ2) is 6.59. The Bertz CT molecular complexity index is 985. The maximum atomic E-state index is 11.5. The minimum atomic E-state index is -1.12. The summed E-state index contributed by atoms with van der Waals surface area (Å²) >= 11 is 0. The van der Waals surface area contributed by atoms with E-state index in [0.717, 1.165) is 18.7 Å². The molecule has 2 aromatic heterocycles. The van der Waals surface area contributed by atoms with Crippen LogP contribution in [0.2, 0.25) is 0 Å². The topological polar surface area (TPSA) is 82.6 Å². The van der Waals surface area contributed by atoms with Crippen molar-refractivity contribution in [2.45, 2.75) is 19.8 Å². The first-order valence-corrected chi connectivity index (χ1v) is 8.60. The molecule has 7 heteroatoms. The van der Waals surface area contributed by atoms with Crippen molar-refractivity contribution in [1.82, 2.24) is 9.38 Å². The third-order valence-corrected chi connectivity index (χ3v) is 4.52. The lowest BCUT2D eigenvalue weighted by atomic mass is 10.2. The molecule has 1 N–H and O–H groups in total. The summed E-state index contributed by atoms with van der Waals surface area (Å²) in [7, 11) is 0.